The minimum atomic E-state index is 0.0958. The second-order valence-electron chi connectivity index (χ2n) is 5.88. The summed E-state index contributed by atoms with van der Waals surface area (Å²) in [6.45, 7) is 11.5. The standard InChI is InChI=1S/C15H20BrNO/c1-9-6-11-10(2)13(8-17-15(3,4)5)18-14(11)12(16)7-9/h6-7,17H,8H2,1-5H3. The van der Waals surface area contributed by atoms with Crippen molar-refractivity contribution in [1.82, 2.24) is 5.32 Å². The topological polar surface area (TPSA) is 25.2 Å². The van der Waals surface area contributed by atoms with Crippen LogP contribution < -0.4 is 5.32 Å². The summed E-state index contributed by atoms with van der Waals surface area (Å²) in [5.74, 6) is 1.02. The Morgan fingerprint density at radius 2 is 1.89 bits per heavy atom. The first-order chi connectivity index (χ1) is 8.28. The molecule has 3 heteroatoms. The molecule has 0 radical (unpaired) electrons. The molecule has 1 aromatic carbocycles. The van der Waals surface area contributed by atoms with Gasteiger partial charge in [0.1, 0.15) is 11.3 Å². The fraction of sp³-hybridized carbons (Fsp3) is 0.467. The van der Waals surface area contributed by atoms with E-state index in [4.69, 9.17) is 4.42 Å². The lowest BCUT2D eigenvalue weighted by molar-refractivity contribution is 0.394. The van der Waals surface area contributed by atoms with E-state index in [1.165, 1.54) is 16.5 Å². The number of halogens is 1. The van der Waals surface area contributed by atoms with E-state index >= 15 is 0 Å². The van der Waals surface area contributed by atoms with Crippen LogP contribution in [0.5, 0.6) is 0 Å². The molecule has 1 N–H and O–H groups in total. The van der Waals surface area contributed by atoms with Crippen molar-refractivity contribution in [2.75, 3.05) is 0 Å². The zero-order chi connectivity index (χ0) is 13.5. The number of benzene rings is 1. The summed E-state index contributed by atoms with van der Waals surface area (Å²) in [6, 6.07) is 4.27. The molecule has 0 bridgehead atoms. The van der Waals surface area contributed by atoms with Crippen molar-refractivity contribution < 1.29 is 4.42 Å². The molecular formula is C15H20BrNO. The first-order valence-corrected chi connectivity index (χ1v) is 7.00. The van der Waals surface area contributed by atoms with E-state index in [1.807, 2.05) is 0 Å². The van der Waals surface area contributed by atoms with Gasteiger partial charge in [0.05, 0.1) is 11.0 Å². The molecule has 2 rings (SSSR count). The molecule has 2 aromatic rings. The molecule has 0 atom stereocenters. The van der Waals surface area contributed by atoms with Crippen LogP contribution in [0.2, 0.25) is 0 Å². The molecule has 1 aromatic heterocycles. The summed E-state index contributed by atoms with van der Waals surface area (Å²) in [5, 5.41) is 4.67. The largest absolute Gasteiger partial charge is 0.458 e. The van der Waals surface area contributed by atoms with Crippen LogP contribution in [0.4, 0.5) is 0 Å². The van der Waals surface area contributed by atoms with Gasteiger partial charge in [-0.15, -0.1) is 0 Å². The smallest absolute Gasteiger partial charge is 0.148 e. The maximum absolute atomic E-state index is 5.97. The Hall–Kier alpha value is -0.800. The maximum atomic E-state index is 5.97. The predicted octanol–water partition coefficient (Wildman–Crippen LogP) is 4.70. The van der Waals surface area contributed by atoms with Gasteiger partial charge in [0, 0.05) is 10.9 Å². The molecule has 1 heterocycles. The molecule has 0 aliphatic rings. The fourth-order valence-electron chi connectivity index (χ4n) is 1.98. The number of furan rings is 1. The van der Waals surface area contributed by atoms with Crippen molar-refractivity contribution in [2.45, 2.75) is 46.7 Å². The van der Waals surface area contributed by atoms with Crippen LogP contribution in [0, 0.1) is 13.8 Å². The second-order valence-corrected chi connectivity index (χ2v) is 6.73. The van der Waals surface area contributed by atoms with E-state index in [0.29, 0.717) is 0 Å². The highest BCUT2D eigenvalue weighted by Crippen LogP contribution is 2.32. The highest BCUT2D eigenvalue weighted by atomic mass is 79.9. The van der Waals surface area contributed by atoms with Crippen molar-refractivity contribution in [3.05, 3.63) is 33.5 Å². The predicted molar refractivity (Wildman–Crippen MR) is 80.0 cm³/mol. The van der Waals surface area contributed by atoms with Gasteiger partial charge in [-0.2, -0.15) is 0 Å². The number of aryl methyl sites for hydroxylation is 2. The lowest BCUT2D eigenvalue weighted by atomic mass is 10.1. The molecule has 18 heavy (non-hydrogen) atoms. The zero-order valence-electron chi connectivity index (χ0n) is 11.6. The van der Waals surface area contributed by atoms with Gasteiger partial charge in [-0.25, -0.2) is 0 Å². The molecule has 2 nitrogen and oxygen atoms in total. The number of nitrogens with one attached hydrogen (secondary N) is 1. The van der Waals surface area contributed by atoms with Crippen LogP contribution >= 0.6 is 15.9 Å². The molecular weight excluding hydrogens is 290 g/mol. The van der Waals surface area contributed by atoms with Crippen molar-refractivity contribution in [2.24, 2.45) is 0 Å². The van der Waals surface area contributed by atoms with Crippen LogP contribution in [-0.4, -0.2) is 5.54 Å². The third kappa shape index (κ3) is 2.78. The molecule has 0 spiro atoms. The second kappa shape index (κ2) is 4.71. The Balaban J connectivity index is 2.41. The Morgan fingerprint density at radius 3 is 2.50 bits per heavy atom. The van der Waals surface area contributed by atoms with Crippen molar-refractivity contribution in [1.29, 1.82) is 0 Å². The summed E-state index contributed by atoms with van der Waals surface area (Å²) in [7, 11) is 0. The first kappa shape index (κ1) is 13.6. The highest BCUT2D eigenvalue weighted by Gasteiger charge is 2.15. The minimum absolute atomic E-state index is 0.0958. The number of hydrogen-bond acceptors (Lipinski definition) is 2. The normalized spacial score (nSPS) is 12.3. The van der Waals surface area contributed by atoms with E-state index < -0.39 is 0 Å². The van der Waals surface area contributed by atoms with E-state index in [0.717, 1.165) is 22.4 Å². The molecule has 0 amide bonds. The Kier molecular flexibility index (Phi) is 3.56. The summed E-state index contributed by atoms with van der Waals surface area (Å²) >= 11 is 3.57. The summed E-state index contributed by atoms with van der Waals surface area (Å²) < 4.78 is 7.00. The average Bonchev–Trinajstić information content (AvgIpc) is 2.53. The van der Waals surface area contributed by atoms with E-state index in [9.17, 15) is 0 Å². The molecule has 0 aliphatic heterocycles. The average molecular weight is 310 g/mol. The summed E-state index contributed by atoms with van der Waals surface area (Å²) in [5.41, 5.74) is 3.52. The molecule has 0 fully saturated rings. The minimum Gasteiger partial charge on any atom is -0.458 e. The first-order valence-electron chi connectivity index (χ1n) is 6.21. The van der Waals surface area contributed by atoms with Gasteiger partial charge < -0.3 is 9.73 Å². The zero-order valence-corrected chi connectivity index (χ0v) is 13.2. The van der Waals surface area contributed by atoms with E-state index in [2.05, 4.69) is 68.0 Å². The Labute approximate surface area is 117 Å². The van der Waals surface area contributed by atoms with Crippen molar-refractivity contribution in [3.8, 4) is 0 Å². The lowest BCUT2D eigenvalue weighted by Crippen LogP contribution is -2.35. The van der Waals surface area contributed by atoms with Gasteiger partial charge in [0.15, 0.2) is 0 Å². The van der Waals surface area contributed by atoms with Gasteiger partial charge in [-0.3, -0.25) is 0 Å². The van der Waals surface area contributed by atoms with Gasteiger partial charge >= 0.3 is 0 Å². The van der Waals surface area contributed by atoms with Gasteiger partial charge in [-0.1, -0.05) is 0 Å². The number of fused-ring (bicyclic) bond motifs is 1. The van der Waals surface area contributed by atoms with E-state index in [-0.39, 0.29) is 5.54 Å². The monoisotopic (exact) mass is 309 g/mol. The van der Waals surface area contributed by atoms with Crippen LogP contribution in [0.3, 0.4) is 0 Å². The molecule has 98 valence electrons. The molecule has 0 unspecified atom stereocenters. The third-order valence-electron chi connectivity index (χ3n) is 3.01. The molecule has 0 saturated heterocycles. The summed E-state index contributed by atoms with van der Waals surface area (Å²) in [4.78, 5) is 0. The molecule has 0 aliphatic carbocycles. The van der Waals surface area contributed by atoms with Crippen LogP contribution in [-0.2, 0) is 6.54 Å². The number of rotatable bonds is 2. The maximum Gasteiger partial charge on any atom is 0.148 e. The molecule has 0 saturated carbocycles. The summed E-state index contributed by atoms with van der Waals surface area (Å²) in [6.07, 6.45) is 0. The quantitative estimate of drug-likeness (QED) is 0.869. The van der Waals surface area contributed by atoms with Gasteiger partial charge in [0.2, 0.25) is 0 Å². The van der Waals surface area contributed by atoms with Crippen LogP contribution in [0.15, 0.2) is 21.0 Å². The highest BCUT2D eigenvalue weighted by molar-refractivity contribution is 9.10. The Bertz CT molecular complexity index is 578. The van der Waals surface area contributed by atoms with Crippen molar-refractivity contribution in [3.63, 3.8) is 0 Å². The number of hydrogen-bond donors (Lipinski definition) is 1. The van der Waals surface area contributed by atoms with Gasteiger partial charge in [0.25, 0.3) is 0 Å². The van der Waals surface area contributed by atoms with Crippen molar-refractivity contribution >= 4 is 26.9 Å². The lowest BCUT2D eigenvalue weighted by Gasteiger charge is -2.19. The van der Waals surface area contributed by atoms with Gasteiger partial charge in [-0.05, 0) is 73.8 Å². The SMILES string of the molecule is Cc1cc(Br)c2oc(CNC(C)(C)C)c(C)c2c1. The van der Waals surface area contributed by atoms with Crippen LogP contribution in [0.1, 0.15) is 37.7 Å². The van der Waals surface area contributed by atoms with E-state index in [1.54, 1.807) is 0 Å². The third-order valence-corrected chi connectivity index (χ3v) is 3.60. The fourth-order valence-corrected chi connectivity index (χ4v) is 2.63. The Morgan fingerprint density at radius 1 is 1.22 bits per heavy atom. The van der Waals surface area contributed by atoms with Crippen LogP contribution in [0.25, 0.3) is 11.0 Å².